The Hall–Kier alpha value is -1.06. The fraction of sp³-hybridized carbons (Fsp3) is 0.933. The maximum atomic E-state index is 12.2. The largest absolute Gasteiger partial charge is 0.462 e. The fourth-order valence-electron chi connectivity index (χ4n) is 4.58. The van der Waals surface area contributed by atoms with E-state index in [1.165, 1.54) is 89.9 Å². The molecule has 0 N–H and O–H groups in total. The summed E-state index contributed by atoms with van der Waals surface area (Å²) in [6.45, 7) is 10.2. The van der Waals surface area contributed by atoms with Crippen LogP contribution >= 0.6 is 0 Å². The lowest BCUT2D eigenvalue weighted by molar-refractivity contribution is -0.162. The van der Waals surface area contributed by atoms with Crippen molar-refractivity contribution in [3.63, 3.8) is 0 Å². The normalized spacial score (nSPS) is 12.5. The van der Waals surface area contributed by atoms with Gasteiger partial charge in [0.25, 0.3) is 0 Å². The van der Waals surface area contributed by atoms with E-state index in [0.717, 1.165) is 25.7 Å². The highest BCUT2D eigenvalue weighted by Gasteiger charge is 2.27. The standard InChI is InChI=1S/C30H58O4/c1-6-8-10-12-14-16-18-20-22-24-28(31)33-27(3)26-30(4,5)34-29(32)25-23-21-19-17-15-13-11-9-7-2/h27H,6-26H2,1-5H3. The summed E-state index contributed by atoms with van der Waals surface area (Å²) >= 11 is 0. The van der Waals surface area contributed by atoms with Gasteiger partial charge in [0.2, 0.25) is 0 Å². The summed E-state index contributed by atoms with van der Waals surface area (Å²) in [7, 11) is 0. The van der Waals surface area contributed by atoms with Gasteiger partial charge in [-0.1, -0.05) is 117 Å². The van der Waals surface area contributed by atoms with Crippen molar-refractivity contribution in [1.82, 2.24) is 0 Å². The first-order valence-electron chi connectivity index (χ1n) is 14.7. The molecule has 1 atom stereocenters. The van der Waals surface area contributed by atoms with Crippen LogP contribution in [0.25, 0.3) is 0 Å². The van der Waals surface area contributed by atoms with Crippen molar-refractivity contribution in [2.24, 2.45) is 0 Å². The van der Waals surface area contributed by atoms with Crippen molar-refractivity contribution in [2.75, 3.05) is 0 Å². The zero-order valence-corrected chi connectivity index (χ0v) is 23.6. The predicted octanol–water partition coefficient (Wildman–Crippen LogP) is 9.47. The third-order valence-electron chi connectivity index (χ3n) is 6.47. The Bertz CT molecular complexity index is 486. The van der Waals surface area contributed by atoms with Gasteiger partial charge in [-0.25, -0.2) is 0 Å². The molecule has 1 unspecified atom stereocenters. The highest BCUT2D eigenvalue weighted by atomic mass is 16.6. The zero-order valence-electron chi connectivity index (χ0n) is 23.6. The van der Waals surface area contributed by atoms with Crippen LogP contribution in [0.15, 0.2) is 0 Å². The number of carbonyl (C=O) groups excluding carboxylic acids is 2. The lowest BCUT2D eigenvalue weighted by atomic mass is 10.0. The van der Waals surface area contributed by atoms with E-state index in [4.69, 9.17) is 9.47 Å². The van der Waals surface area contributed by atoms with Gasteiger partial charge in [0, 0.05) is 19.3 Å². The molecule has 34 heavy (non-hydrogen) atoms. The Labute approximate surface area is 212 Å². The molecule has 0 radical (unpaired) electrons. The number of hydrogen-bond donors (Lipinski definition) is 0. The Morgan fingerprint density at radius 2 is 0.941 bits per heavy atom. The lowest BCUT2D eigenvalue weighted by Gasteiger charge is -2.28. The number of ether oxygens (including phenoxy) is 2. The smallest absolute Gasteiger partial charge is 0.306 e. The fourth-order valence-corrected chi connectivity index (χ4v) is 4.58. The molecular weight excluding hydrogens is 424 g/mol. The highest BCUT2D eigenvalue weighted by molar-refractivity contribution is 5.70. The first kappa shape index (κ1) is 32.9. The van der Waals surface area contributed by atoms with Crippen molar-refractivity contribution >= 4 is 11.9 Å². The average Bonchev–Trinajstić information content (AvgIpc) is 2.76. The van der Waals surface area contributed by atoms with Crippen molar-refractivity contribution in [1.29, 1.82) is 0 Å². The number of hydrogen-bond acceptors (Lipinski definition) is 4. The van der Waals surface area contributed by atoms with Crippen LogP contribution in [0, 0.1) is 0 Å². The zero-order chi connectivity index (χ0) is 25.5. The van der Waals surface area contributed by atoms with Crippen molar-refractivity contribution in [3.05, 3.63) is 0 Å². The van der Waals surface area contributed by atoms with E-state index in [-0.39, 0.29) is 18.0 Å². The average molecular weight is 483 g/mol. The molecule has 0 aromatic heterocycles. The number of esters is 2. The molecule has 0 aliphatic heterocycles. The predicted molar refractivity (Wildman–Crippen MR) is 144 cm³/mol. The third kappa shape index (κ3) is 22.7. The molecule has 4 nitrogen and oxygen atoms in total. The van der Waals surface area contributed by atoms with Crippen molar-refractivity contribution < 1.29 is 19.1 Å². The SMILES string of the molecule is CCCCCCCCCCCC(=O)OC(C)CC(C)(C)OC(=O)CCCCCCCCCCC. The van der Waals surface area contributed by atoms with Gasteiger partial charge in [0.05, 0.1) is 0 Å². The summed E-state index contributed by atoms with van der Waals surface area (Å²) < 4.78 is 11.3. The van der Waals surface area contributed by atoms with Crippen LogP contribution in [0.3, 0.4) is 0 Å². The summed E-state index contributed by atoms with van der Waals surface area (Å²) in [4.78, 5) is 24.4. The molecule has 0 saturated carbocycles. The van der Waals surface area contributed by atoms with Gasteiger partial charge in [-0.05, 0) is 33.6 Å². The van der Waals surface area contributed by atoms with E-state index >= 15 is 0 Å². The molecule has 0 saturated heterocycles. The number of unbranched alkanes of at least 4 members (excludes halogenated alkanes) is 16. The van der Waals surface area contributed by atoms with Crippen molar-refractivity contribution in [2.45, 2.75) is 181 Å². The third-order valence-corrected chi connectivity index (χ3v) is 6.47. The quantitative estimate of drug-likeness (QED) is 0.101. The molecule has 0 fully saturated rings. The highest BCUT2D eigenvalue weighted by Crippen LogP contribution is 2.21. The minimum absolute atomic E-state index is 0.132. The number of carbonyl (C=O) groups is 2. The molecule has 0 aliphatic carbocycles. The van der Waals surface area contributed by atoms with Gasteiger partial charge in [-0.2, -0.15) is 0 Å². The van der Waals surface area contributed by atoms with E-state index < -0.39 is 5.60 Å². The summed E-state index contributed by atoms with van der Waals surface area (Å²) in [5.41, 5.74) is -0.617. The monoisotopic (exact) mass is 482 g/mol. The first-order chi connectivity index (χ1) is 16.3. The van der Waals surface area contributed by atoms with Gasteiger partial charge in [0.15, 0.2) is 0 Å². The lowest BCUT2D eigenvalue weighted by Crippen LogP contribution is -2.33. The Kier molecular flexibility index (Phi) is 21.7. The Morgan fingerprint density at radius 3 is 1.35 bits per heavy atom. The molecule has 0 rings (SSSR count). The van der Waals surface area contributed by atoms with Gasteiger partial charge < -0.3 is 9.47 Å². The van der Waals surface area contributed by atoms with E-state index in [0.29, 0.717) is 19.3 Å². The Morgan fingerprint density at radius 1 is 0.588 bits per heavy atom. The van der Waals surface area contributed by atoms with Crippen LogP contribution in [-0.2, 0) is 19.1 Å². The molecule has 0 spiro atoms. The summed E-state index contributed by atoms with van der Waals surface area (Å²) in [6.07, 6.45) is 23.5. The molecule has 0 heterocycles. The van der Waals surface area contributed by atoms with Crippen LogP contribution in [0.2, 0.25) is 0 Å². The van der Waals surface area contributed by atoms with Gasteiger partial charge in [-0.15, -0.1) is 0 Å². The second-order valence-corrected chi connectivity index (χ2v) is 10.9. The van der Waals surface area contributed by atoms with E-state index in [1.807, 2.05) is 20.8 Å². The summed E-state index contributed by atoms with van der Waals surface area (Å²) in [5, 5.41) is 0. The molecule has 0 bridgehead atoms. The maximum absolute atomic E-state index is 12.2. The molecule has 0 amide bonds. The van der Waals surface area contributed by atoms with Gasteiger partial charge in [-0.3, -0.25) is 9.59 Å². The second-order valence-electron chi connectivity index (χ2n) is 10.9. The van der Waals surface area contributed by atoms with Crippen LogP contribution in [0.5, 0.6) is 0 Å². The molecule has 0 aromatic rings. The molecule has 4 heteroatoms. The van der Waals surface area contributed by atoms with Gasteiger partial charge in [0.1, 0.15) is 11.7 Å². The maximum Gasteiger partial charge on any atom is 0.306 e. The van der Waals surface area contributed by atoms with E-state index in [2.05, 4.69) is 13.8 Å². The second kappa shape index (κ2) is 22.4. The topological polar surface area (TPSA) is 52.6 Å². The molecule has 202 valence electrons. The van der Waals surface area contributed by atoms with Crippen LogP contribution in [-0.4, -0.2) is 23.6 Å². The van der Waals surface area contributed by atoms with Crippen LogP contribution in [0.1, 0.15) is 169 Å². The molecule has 0 aromatic carbocycles. The molecular formula is C30H58O4. The van der Waals surface area contributed by atoms with Gasteiger partial charge >= 0.3 is 11.9 Å². The Balaban J connectivity index is 3.79. The molecule has 0 aliphatic rings. The van der Waals surface area contributed by atoms with E-state index in [1.54, 1.807) is 0 Å². The van der Waals surface area contributed by atoms with Crippen molar-refractivity contribution in [3.8, 4) is 0 Å². The van der Waals surface area contributed by atoms with Crippen LogP contribution in [0.4, 0.5) is 0 Å². The minimum Gasteiger partial charge on any atom is -0.462 e. The number of rotatable bonds is 24. The van der Waals surface area contributed by atoms with E-state index in [9.17, 15) is 9.59 Å². The van der Waals surface area contributed by atoms with Crippen LogP contribution < -0.4 is 0 Å². The summed E-state index contributed by atoms with van der Waals surface area (Å²) in [6, 6.07) is 0. The first-order valence-corrected chi connectivity index (χ1v) is 14.7. The minimum atomic E-state index is -0.617. The summed E-state index contributed by atoms with van der Waals surface area (Å²) in [5.74, 6) is -0.270.